The van der Waals surface area contributed by atoms with E-state index in [0.717, 1.165) is 50.2 Å². The summed E-state index contributed by atoms with van der Waals surface area (Å²) in [4.78, 5) is 17.8. The van der Waals surface area contributed by atoms with Crippen LogP contribution in [-0.4, -0.2) is 49.9 Å². The average molecular weight is 514 g/mol. The monoisotopic (exact) mass is 513 g/mol. The van der Waals surface area contributed by atoms with Crippen LogP contribution < -0.4 is 17.3 Å². The number of aliphatic imine (C=N–C) groups is 1. The largest absolute Gasteiger partial charge is 0.403 e. The topological polar surface area (TPSA) is 120 Å². The first-order valence-corrected chi connectivity index (χ1v) is 14.4. The summed E-state index contributed by atoms with van der Waals surface area (Å²) in [6.45, 7) is 7.67. The van der Waals surface area contributed by atoms with Gasteiger partial charge in [0.05, 0.1) is 18.8 Å². The normalized spacial score (nSPS) is 42.3. The Morgan fingerprint density at radius 1 is 1.14 bits per heavy atom. The number of hydrogen-bond acceptors (Lipinski definition) is 7. The Labute approximate surface area is 224 Å². The molecule has 4 saturated carbocycles. The molecule has 0 aromatic carbocycles. The number of hydrazine groups is 1. The van der Waals surface area contributed by atoms with Crippen molar-refractivity contribution in [2.24, 2.45) is 62.7 Å². The maximum atomic E-state index is 13.7. The minimum atomic E-state index is -0.221. The van der Waals surface area contributed by atoms with Crippen LogP contribution in [0.1, 0.15) is 78.6 Å². The fraction of sp³-hybridized carbons (Fsp3) is 0.800. The van der Waals surface area contributed by atoms with E-state index in [9.17, 15) is 4.79 Å². The van der Waals surface area contributed by atoms with Crippen molar-refractivity contribution in [2.75, 3.05) is 27.3 Å². The van der Waals surface area contributed by atoms with E-state index in [2.05, 4.69) is 18.8 Å². The lowest BCUT2D eigenvalue weighted by Crippen LogP contribution is -2.69. The van der Waals surface area contributed by atoms with Gasteiger partial charge in [0.2, 0.25) is 0 Å². The number of methoxy groups -OCH3 is 1. The van der Waals surface area contributed by atoms with Crippen LogP contribution in [0.15, 0.2) is 28.5 Å². The van der Waals surface area contributed by atoms with Crippen molar-refractivity contribution in [1.29, 1.82) is 0 Å². The summed E-state index contributed by atoms with van der Waals surface area (Å²) in [7, 11) is 3.59. The van der Waals surface area contributed by atoms with E-state index in [4.69, 9.17) is 22.0 Å². The maximum absolute atomic E-state index is 13.7. The molecule has 0 spiro atoms. The van der Waals surface area contributed by atoms with Gasteiger partial charge in [-0.3, -0.25) is 9.79 Å². The number of rotatable bonds is 8. The molecule has 208 valence electrons. The van der Waals surface area contributed by atoms with Crippen molar-refractivity contribution in [3.05, 3.63) is 23.5 Å². The van der Waals surface area contributed by atoms with Gasteiger partial charge in [-0.05, 0) is 99.0 Å². The highest BCUT2D eigenvalue weighted by Crippen LogP contribution is 2.68. The van der Waals surface area contributed by atoms with Crippen molar-refractivity contribution < 1.29 is 9.53 Å². The molecule has 0 aliphatic heterocycles. The Hall–Kier alpha value is -1.70. The predicted molar refractivity (Wildman–Crippen MR) is 150 cm³/mol. The highest BCUT2D eigenvalue weighted by molar-refractivity contribution is 5.84. The summed E-state index contributed by atoms with van der Waals surface area (Å²) < 4.78 is 5.93. The van der Waals surface area contributed by atoms with Crippen molar-refractivity contribution >= 4 is 12.0 Å². The molecule has 4 aliphatic rings. The van der Waals surface area contributed by atoms with Gasteiger partial charge in [-0.2, -0.15) is 0 Å². The molecule has 0 aromatic rings. The quantitative estimate of drug-likeness (QED) is 0.194. The molecule has 6 N–H and O–H groups in total. The molecule has 4 fully saturated rings. The van der Waals surface area contributed by atoms with Crippen LogP contribution in [0.5, 0.6) is 0 Å². The molecule has 0 aromatic heterocycles. The summed E-state index contributed by atoms with van der Waals surface area (Å²) >= 11 is 0. The molecule has 37 heavy (non-hydrogen) atoms. The fourth-order valence-corrected chi connectivity index (χ4v) is 9.61. The first-order chi connectivity index (χ1) is 17.6. The molecular weight excluding hydrogens is 462 g/mol. The minimum Gasteiger partial charge on any atom is -0.403 e. The number of ether oxygens (including phenoxy) is 1. The van der Waals surface area contributed by atoms with Gasteiger partial charge < -0.3 is 21.2 Å². The highest BCUT2D eigenvalue weighted by atomic mass is 16.5. The molecule has 0 bridgehead atoms. The van der Waals surface area contributed by atoms with Gasteiger partial charge in [-0.25, -0.2) is 5.84 Å². The van der Waals surface area contributed by atoms with Crippen LogP contribution in [0.3, 0.4) is 0 Å². The van der Waals surface area contributed by atoms with E-state index in [1.54, 1.807) is 13.3 Å². The van der Waals surface area contributed by atoms with E-state index in [0.29, 0.717) is 23.5 Å². The molecule has 4 aliphatic carbocycles. The van der Waals surface area contributed by atoms with Crippen LogP contribution in [-0.2, 0) is 9.53 Å². The number of nitrogens with zero attached hydrogens (tertiary/aromatic N) is 2. The van der Waals surface area contributed by atoms with E-state index < -0.39 is 0 Å². The first kappa shape index (κ1) is 28.3. The van der Waals surface area contributed by atoms with E-state index >= 15 is 0 Å². The summed E-state index contributed by atoms with van der Waals surface area (Å²) in [5.41, 5.74) is 14.9. The van der Waals surface area contributed by atoms with E-state index in [1.807, 2.05) is 20.1 Å². The number of allylic oxidation sites excluding steroid dienone is 2. The number of hydrogen-bond donors (Lipinski definition) is 3. The molecule has 7 nitrogen and oxygen atoms in total. The predicted octanol–water partition coefficient (Wildman–Crippen LogP) is 4.18. The van der Waals surface area contributed by atoms with Gasteiger partial charge in [0.1, 0.15) is 0 Å². The van der Waals surface area contributed by atoms with Crippen molar-refractivity contribution in [3.8, 4) is 0 Å². The molecule has 0 saturated heterocycles. The van der Waals surface area contributed by atoms with E-state index in [-0.39, 0.29) is 34.6 Å². The Kier molecular flexibility index (Phi) is 8.28. The molecule has 7 heteroatoms. The van der Waals surface area contributed by atoms with E-state index in [1.165, 1.54) is 36.9 Å². The van der Waals surface area contributed by atoms with Gasteiger partial charge in [0.15, 0.2) is 5.78 Å². The van der Waals surface area contributed by atoms with Gasteiger partial charge in [0, 0.05) is 43.4 Å². The second-order valence-corrected chi connectivity index (χ2v) is 13.1. The number of fused-ring (bicyclic) bond motifs is 5. The van der Waals surface area contributed by atoms with Crippen molar-refractivity contribution in [2.45, 2.75) is 84.1 Å². The van der Waals surface area contributed by atoms with Gasteiger partial charge in [0.25, 0.3) is 0 Å². The lowest BCUT2D eigenvalue weighted by molar-refractivity contribution is -0.164. The lowest BCUT2D eigenvalue weighted by Gasteiger charge is -2.66. The Balaban J connectivity index is 1.54. The standard InChI is InChI=1S/C30H51N5O2/c1-20-8-12-29(19-37-5)22(14-20)9-13-30(32)26-7-6-24(28(26,3)11-10-27(29)30)25(36)18-35(33)23(16-31)15-21(2)17-34-4/h15-17,20,22,24,26-27H,6-14,18-19,31-33H2,1-5H3/b21-15-,23-16-,34-17?/t20-,22?,24+,26?,27?,28+,29+,30+/m0/s1. The fourth-order valence-electron chi connectivity index (χ4n) is 9.61. The first-order valence-electron chi connectivity index (χ1n) is 14.4. The van der Waals surface area contributed by atoms with Gasteiger partial charge >= 0.3 is 0 Å². The summed E-state index contributed by atoms with van der Waals surface area (Å²) in [5, 5.41) is 1.48. The van der Waals surface area contributed by atoms with Crippen molar-refractivity contribution in [3.63, 3.8) is 0 Å². The summed E-state index contributed by atoms with van der Waals surface area (Å²) in [5.74, 6) is 8.88. The molecule has 0 radical (unpaired) electrons. The smallest absolute Gasteiger partial charge is 0.157 e. The SMILES string of the molecule is CN=C/C(C)=C\C(=C\N)N(N)CC(=O)[C@H]1CCC2[C@]3(N)CCC4C[C@@H](C)CC[C@]4(COC)C3CC[C@@]21C. The molecule has 8 atom stereocenters. The van der Waals surface area contributed by atoms with Gasteiger partial charge in [-0.1, -0.05) is 20.3 Å². The third kappa shape index (κ3) is 4.80. The summed E-state index contributed by atoms with van der Waals surface area (Å²) in [6, 6.07) is 0. The molecule has 4 rings (SSSR count). The Morgan fingerprint density at radius 2 is 1.89 bits per heavy atom. The summed E-state index contributed by atoms with van der Waals surface area (Å²) in [6.07, 6.45) is 15.2. The Bertz CT molecular complexity index is 946. The number of carbonyl (C=O) groups is 1. The van der Waals surface area contributed by atoms with Crippen LogP contribution in [0, 0.1) is 40.4 Å². The third-order valence-corrected chi connectivity index (χ3v) is 11.2. The second kappa shape index (κ2) is 10.8. The van der Waals surface area contributed by atoms with Crippen LogP contribution in [0.4, 0.5) is 0 Å². The van der Waals surface area contributed by atoms with Crippen LogP contribution in [0.2, 0.25) is 0 Å². The zero-order valence-corrected chi connectivity index (χ0v) is 23.8. The minimum absolute atomic E-state index is 0.0197. The molecular formula is C30H51N5O2. The number of carbonyl (C=O) groups excluding carboxylic acids is 1. The molecule has 3 unspecified atom stereocenters. The third-order valence-electron chi connectivity index (χ3n) is 11.2. The second-order valence-electron chi connectivity index (χ2n) is 13.1. The average Bonchev–Trinajstić information content (AvgIpc) is 3.21. The van der Waals surface area contributed by atoms with Gasteiger partial charge in [-0.15, -0.1) is 0 Å². The number of ketones is 1. The molecule has 0 heterocycles. The number of Topliss-reactive ketones (excluding diaryl/α,β-unsaturated/α-hetero) is 1. The zero-order chi connectivity index (χ0) is 27.0. The Morgan fingerprint density at radius 3 is 2.57 bits per heavy atom. The zero-order valence-electron chi connectivity index (χ0n) is 23.8. The van der Waals surface area contributed by atoms with Crippen LogP contribution >= 0.6 is 0 Å². The maximum Gasteiger partial charge on any atom is 0.157 e. The van der Waals surface area contributed by atoms with Crippen molar-refractivity contribution in [1.82, 2.24) is 5.01 Å². The van der Waals surface area contributed by atoms with Crippen LogP contribution in [0.25, 0.3) is 0 Å². The lowest BCUT2D eigenvalue weighted by atomic mass is 9.41. The highest BCUT2D eigenvalue weighted by Gasteiger charge is 2.67. The number of nitrogens with two attached hydrogens (primary N) is 3. The molecule has 0 amide bonds.